The van der Waals surface area contributed by atoms with E-state index in [1.807, 2.05) is 6.20 Å². The predicted octanol–water partition coefficient (Wildman–Crippen LogP) is 2.05. The zero-order valence-electron chi connectivity index (χ0n) is 4.89. The Morgan fingerprint density at radius 2 is 2.44 bits per heavy atom. The third-order valence-corrected chi connectivity index (χ3v) is 1.98. The summed E-state index contributed by atoms with van der Waals surface area (Å²) in [6.07, 6.45) is 4.56. The molecule has 0 aliphatic heterocycles. The number of rotatable bonds is 1. The van der Waals surface area contributed by atoms with E-state index < -0.39 is 0 Å². The Morgan fingerprint density at radius 3 is 2.89 bits per heavy atom. The number of aromatic amines is 1. The fraction of sp³-hybridized carbons (Fsp3) is 0.500. The van der Waals surface area contributed by atoms with Crippen molar-refractivity contribution in [3.05, 3.63) is 16.6 Å². The maximum Gasteiger partial charge on any atom is 0.174 e. The molecular formula is C6H7BrN2. The molecular weight excluding hydrogens is 180 g/mol. The molecule has 1 aromatic heterocycles. The van der Waals surface area contributed by atoms with Crippen molar-refractivity contribution in [1.29, 1.82) is 0 Å². The van der Waals surface area contributed by atoms with E-state index in [1.165, 1.54) is 18.5 Å². The Kier molecular flexibility index (Phi) is 1.12. The van der Waals surface area contributed by atoms with Gasteiger partial charge in [-0.2, -0.15) is 0 Å². The van der Waals surface area contributed by atoms with Crippen molar-refractivity contribution in [3.8, 4) is 0 Å². The fourth-order valence-electron chi connectivity index (χ4n) is 0.912. The Labute approximate surface area is 61.8 Å². The van der Waals surface area contributed by atoms with Crippen molar-refractivity contribution in [2.75, 3.05) is 0 Å². The first-order valence-corrected chi connectivity index (χ1v) is 3.86. The quantitative estimate of drug-likeness (QED) is 0.715. The van der Waals surface area contributed by atoms with Crippen LogP contribution in [0.3, 0.4) is 0 Å². The maximum absolute atomic E-state index is 4.04. The molecule has 0 atom stereocenters. The minimum absolute atomic E-state index is 0.781. The van der Waals surface area contributed by atoms with Crippen molar-refractivity contribution in [2.45, 2.75) is 18.8 Å². The van der Waals surface area contributed by atoms with Crippen molar-refractivity contribution in [3.63, 3.8) is 0 Å². The molecule has 1 N–H and O–H groups in total. The number of H-pyrrole nitrogens is 1. The van der Waals surface area contributed by atoms with E-state index in [-0.39, 0.29) is 0 Å². The molecule has 0 radical (unpaired) electrons. The molecule has 1 fully saturated rings. The van der Waals surface area contributed by atoms with E-state index in [9.17, 15) is 0 Å². The molecule has 0 saturated heterocycles. The lowest BCUT2D eigenvalue weighted by Gasteiger charge is -1.84. The van der Waals surface area contributed by atoms with Gasteiger partial charge in [-0.25, -0.2) is 4.98 Å². The van der Waals surface area contributed by atoms with Gasteiger partial charge in [-0.1, -0.05) is 0 Å². The highest BCUT2D eigenvalue weighted by molar-refractivity contribution is 9.10. The second-order valence-electron chi connectivity index (χ2n) is 2.40. The largest absolute Gasteiger partial charge is 0.336 e. The van der Waals surface area contributed by atoms with Gasteiger partial charge in [0.2, 0.25) is 0 Å². The van der Waals surface area contributed by atoms with Crippen molar-refractivity contribution in [1.82, 2.24) is 9.97 Å². The van der Waals surface area contributed by atoms with Crippen LogP contribution in [0, 0.1) is 0 Å². The number of halogens is 1. The summed E-state index contributed by atoms with van der Waals surface area (Å²) < 4.78 is 0.851. The zero-order chi connectivity index (χ0) is 6.27. The van der Waals surface area contributed by atoms with Crippen LogP contribution >= 0.6 is 15.9 Å². The summed E-state index contributed by atoms with van der Waals surface area (Å²) >= 11 is 3.26. The van der Waals surface area contributed by atoms with Crippen molar-refractivity contribution >= 4 is 15.9 Å². The van der Waals surface area contributed by atoms with Crippen LogP contribution in [-0.4, -0.2) is 9.97 Å². The van der Waals surface area contributed by atoms with Gasteiger partial charge in [0.05, 0.1) is 0 Å². The van der Waals surface area contributed by atoms with E-state index in [1.54, 1.807) is 0 Å². The van der Waals surface area contributed by atoms with Crippen LogP contribution in [0.25, 0.3) is 0 Å². The highest BCUT2D eigenvalue weighted by Gasteiger charge is 2.24. The van der Waals surface area contributed by atoms with E-state index in [0.29, 0.717) is 0 Å². The predicted molar refractivity (Wildman–Crippen MR) is 38.3 cm³/mol. The van der Waals surface area contributed by atoms with Gasteiger partial charge in [0.15, 0.2) is 4.73 Å². The van der Waals surface area contributed by atoms with Crippen LogP contribution in [0.5, 0.6) is 0 Å². The first kappa shape index (κ1) is 5.47. The summed E-state index contributed by atoms with van der Waals surface area (Å²) in [5.41, 5.74) is 1.28. The van der Waals surface area contributed by atoms with Crippen LogP contribution in [-0.2, 0) is 0 Å². The van der Waals surface area contributed by atoms with Gasteiger partial charge in [-0.15, -0.1) is 0 Å². The lowest BCUT2D eigenvalue weighted by atomic mass is 10.3. The van der Waals surface area contributed by atoms with Gasteiger partial charge in [0.25, 0.3) is 0 Å². The summed E-state index contributed by atoms with van der Waals surface area (Å²) in [7, 11) is 0. The molecule has 0 unspecified atom stereocenters. The monoisotopic (exact) mass is 186 g/mol. The van der Waals surface area contributed by atoms with Crippen LogP contribution in [0.4, 0.5) is 0 Å². The molecule has 1 heterocycles. The third-order valence-electron chi connectivity index (χ3n) is 1.58. The second kappa shape index (κ2) is 1.84. The average molecular weight is 187 g/mol. The average Bonchev–Trinajstić information content (AvgIpc) is 2.58. The molecule has 3 heteroatoms. The van der Waals surface area contributed by atoms with Gasteiger partial charge in [-0.3, -0.25) is 0 Å². The maximum atomic E-state index is 4.04. The SMILES string of the molecule is Brc1ncc(C2CC2)[nH]1. The molecule has 0 aromatic carbocycles. The van der Waals surface area contributed by atoms with Gasteiger partial charge < -0.3 is 4.98 Å². The van der Waals surface area contributed by atoms with E-state index in [0.717, 1.165) is 10.7 Å². The Morgan fingerprint density at radius 1 is 1.67 bits per heavy atom. The van der Waals surface area contributed by atoms with E-state index >= 15 is 0 Å². The van der Waals surface area contributed by atoms with Crippen molar-refractivity contribution in [2.24, 2.45) is 0 Å². The third kappa shape index (κ3) is 1.01. The van der Waals surface area contributed by atoms with Crippen LogP contribution < -0.4 is 0 Å². The lowest BCUT2D eigenvalue weighted by molar-refractivity contribution is 1.04. The normalized spacial score (nSPS) is 18.3. The molecule has 1 aliphatic carbocycles. The summed E-state index contributed by atoms with van der Waals surface area (Å²) in [5.74, 6) is 0.781. The lowest BCUT2D eigenvalue weighted by Crippen LogP contribution is -1.74. The molecule has 1 saturated carbocycles. The van der Waals surface area contributed by atoms with Crippen LogP contribution in [0.15, 0.2) is 10.9 Å². The molecule has 1 aromatic rings. The summed E-state index contributed by atoms with van der Waals surface area (Å²) in [4.78, 5) is 7.18. The molecule has 0 spiro atoms. The Bertz CT molecular complexity index is 215. The molecule has 1 aliphatic rings. The van der Waals surface area contributed by atoms with E-state index in [4.69, 9.17) is 0 Å². The number of nitrogens with zero attached hydrogens (tertiary/aromatic N) is 1. The van der Waals surface area contributed by atoms with Gasteiger partial charge in [0, 0.05) is 17.8 Å². The van der Waals surface area contributed by atoms with Gasteiger partial charge >= 0.3 is 0 Å². The van der Waals surface area contributed by atoms with Gasteiger partial charge in [0.1, 0.15) is 0 Å². The van der Waals surface area contributed by atoms with Crippen LogP contribution in [0.2, 0.25) is 0 Å². The number of nitrogens with one attached hydrogen (secondary N) is 1. The summed E-state index contributed by atoms with van der Waals surface area (Å²) in [6.45, 7) is 0. The molecule has 2 nitrogen and oxygen atoms in total. The fourth-order valence-corrected chi connectivity index (χ4v) is 1.24. The number of hydrogen-bond acceptors (Lipinski definition) is 1. The Hall–Kier alpha value is -0.310. The molecule has 0 amide bonds. The summed E-state index contributed by atoms with van der Waals surface area (Å²) in [6, 6.07) is 0. The van der Waals surface area contributed by atoms with Crippen molar-refractivity contribution < 1.29 is 0 Å². The molecule has 2 rings (SSSR count). The molecule has 48 valence electrons. The minimum atomic E-state index is 0.781. The minimum Gasteiger partial charge on any atom is -0.336 e. The van der Waals surface area contributed by atoms with Crippen LogP contribution in [0.1, 0.15) is 24.5 Å². The topological polar surface area (TPSA) is 28.7 Å². The number of hydrogen-bond donors (Lipinski definition) is 1. The highest BCUT2D eigenvalue weighted by atomic mass is 79.9. The first-order chi connectivity index (χ1) is 4.36. The van der Waals surface area contributed by atoms with E-state index in [2.05, 4.69) is 25.9 Å². The second-order valence-corrected chi connectivity index (χ2v) is 3.15. The highest BCUT2D eigenvalue weighted by Crippen LogP contribution is 2.39. The summed E-state index contributed by atoms with van der Waals surface area (Å²) in [5, 5.41) is 0. The molecule has 0 bridgehead atoms. The number of imidazole rings is 1. The smallest absolute Gasteiger partial charge is 0.174 e. The Balaban J connectivity index is 2.28. The standard InChI is InChI=1S/C6H7BrN2/c7-6-8-3-5(9-6)4-1-2-4/h3-4H,1-2H2,(H,8,9). The first-order valence-electron chi connectivity index (χ1n) is 3.06. The van der Waals surface area contributed by atoms with Gasteiger partial charge in [-0.05, 0) is 28.8 Å². The molecule has 9 heavy (non-hydrogen) atoms. The zero-order valence-corrected chi connectivity index (χ0v) is 6.48. The number of aromatic nitrogens is 2.